The molecule has 0 unspecified atom stereocenters. The van der Waals surface area contributed by atoms with Gasteiger partial charge in [-0.15, -0.1) is 0 Å². The Hall–Kier alpha value is -1.69. The van der Waals surface area contributed by atoms with Gasteiger partial charge in [-0.2, -0.15) is 4.99 Å². The van der Waals surface area contributed by atoms with Gasteiger partial charge >= 0.3 is 5.69 Å². The predicted octanol–water partition coefficient (Wildman–Crippen LogP) is -0.858. The maximum atomic E-state index is 9.83. The van der Waals surface area contributed by atoms with E-state index in [9.17, 15) is 4.79 Å². The SMILES string of the molecule is N#[N+]c1ccccc1N=C=O.[Cl-]. The molecule has 0 aliphatic carbocycles. The molecule has 0 radical (unpaired) electrons. The van der Waals surface area contributed by atoms with Crippen molar-refractivity contribution < 1.29 is 17.2 Å². The average Bonchev–Trinajstić information content (AvgIpc) is 2.06. The Labute approximate surface area is 75.0 Å². The fourth-order valence-electron chi connectivity index (χ4n) is 0.692. The number of benzene rings is 1. The molecule has 1 aromatic carbocycles. The Morgan fingerprint density at radius 1 is 1.42 bits per heavy atom. The smallest absolute Gasteiger partial charge is 0.411 e. The van der Waals surface area contributed by atoms with E-state index in [2.05, 4.69) is 9.97 Å². The topological polar surface area (TPSA) is 57.6 Å². The van der Waals surface area contributed by atoms with Crippen molar-refractivity contribution in [1.29, 1.82) is 5.39 Å². The molecule has 0 N–H and O–H groups in total. The summed E-state index contributed by atoms with van der Waals surface area (Å²) < 4.78 is 0. The second-order valence-electron chi connectivity index (χ2n) is 1.79. The lowest BCUT2D eigenvalue weighted by molar-refractivity contribution is -0.00000360. The Morgan fingerprint density at radius 3 is 2.67 bits per heavy atom. The summed E-state index contributed by atoms with van der Waals surface area (Å²) in [7, 11) is 0. The number of halogens is 1. The molecule has 4 nitrogen and oxygen atoms in total. The summed E-state index contributed by atoms with van der Waals surface area (Å²) in [6, 6.07) is 6.46. The molecular weight excluding hydrogens is 178 g/mol. The number of para-hydroxylation sites is 1. The third kappa shape index (κ3) is 2.17. The van der Waals surface area contributed by atoms with Crippen molar-refractivity contribution in [2.45, 2.75) is 0 Å². The summed E-state index contributed by atoms with van der Waals surface area (Å²) in [4.78, 5) is 16.1. The molecule has 60 valence electrons. The summed E-state index contributed by atoms with van der Waals surface area (Å²) in [5.41, 5.74) is 0.570. The van der Waals surface area contributed by atoms with Gasteiger partial charge in [-0.05, 0) is 6.07 Å². The number of carbonyl (C=O) groups excluding carboxylic acids is 1. The lowest BCUT2D eigenvalue weighted by Crippen LogP contribution is -3.00. The first-order valence-electron chi connectivity index (χ1n) is 2.90. The van der Waals surface area contributed by atoms with Crippen molar-refractivity contribution in [2.24, 2.45) is 4.99 Å². The average molecular weight is 182 g/mol. The fraction of sp³-hybridized carbons (Fsp3) is 0. The second-order valence-corrected chi connectivity index (χ2v) is 1.79. The van der Waals surface area contributed by atoms with Gasteiger partial charge in [0, 0.05) is 6.07 Å². The van der Waals surface area contributed by atoms with E-state index in [0.717, 1.165) is 0 Å². The monoisotopic (exact) mass is 181 g/mol. The molecule has 0 saturated carbocycles. The van der Waals surface area contributed by atoms with E-state index < -0.39 is 0 Å². The Morgan fingerprint density at radius 2 is 2.08 bits per heavy atom. The largest absolute Gasteiger partial charge is 1.00 e. The lowest BCUT2D eigenvalue weighted by Gasteiger charge is -1.80. The number of diazo groups is 1. The third-order valence-corrected chi connectivity index (χ3v) is 1.16. The molecular formula is C7H4ClN3O. The van der Waals surface area contributed by atoms with Gasteiger partial charge in [0.25, 0.3) is 0 Å². The van der Waals surface area contributed by atoms with E-state index in [1.165, 1.54) is 12.1 Å². The molecule has 0 fully saturated rings. The van der Waals surface area contributed by atoms with Crippen LogP contribution in [0.25, 0.3) is 4.98 Å². The summed E-state index contributed by atoms with van der Waals surface area (Å²) in [6.07, 6.45) is 1.36. The van der Waals surface area contributed by atoms with Gasteiger partial charge in [0.05, 0.1) is 0 Å². The van der Waals surface area contributed by atoms with E-state index in [1.807, 2.05) is 0 Å². The van der Waals surface area contributed by atoms with Crippen molar-refractivity contribution in [3.8, 4) is 0 Å². The highest BCUT2D eigenvalue weighted by Crippen LogP contribution is 2.25. The van der Waals surface area contributed by atoms with Crippen molar-refractivity contribution in [1.82, 2.24) is 0 Å². The second kappa shape index (κ2) is 5.03. The van der Waals surface area contributed by atoms with Gasteiger partial charge in [-0.1, -0.05) is 12.1 Å². The van der Waals surface area contributed by atoms with Crippen LogP contribution in [0.3, 0.4) is 0 Å². The van der Waals surface area contributed by atoms with Crippen LogP contribution in [0.1, 0.15) is 0 Å². The molecule has 0 aromatic heterocycles. The zero-order chi connectivity index (χ0) is 8.10. The number of hydrogen-bond acceptors (Lipinski definition) is 3. The first-order valence-corrected chi connectivity index (χ1v) is 2.90. The van der Waals surface area contributed by atoms with Crippen LogP contribution in [0, 0.1) is 5.39 Å². The van der Waals surface area contributed by atoms with Crippen molar-refractivity contribution >= 4 is 17.5 Å². The molecule has 0 atom stereocenters. The van der Waals surface area contributed by atoms with Gasteiger partial charge in [-0.25, -0.2) is 4.79 Å². The van der Waals surface area contributed by atoms with E-state index in [0.29, 0.717) is 5.69 Å². The molecule has 5 heteroatoms. The van der Waals surface area contributed by atoms with Crippen LogP contribution in [0.4, 0.5) is 11.4 Å². The van der Waals surface area contributed by atoms with Crippen LogP contribution in [-0.4, -0.2) is 6.08 Å². The predicted molar refractivity (Wildman–Crippen MR) is 39.0 cm³/mol. The van der Waals surface area contributed by atoms with Crippen LogP contribution in [0.2, 0.25) is 0 Å². The summed E-state index contributed by atoms with van der Waals surface area (Å²) >= 11 is 0. The summed E-state index contributed by atoms with van der Waals surface area (Å²) in [6.45, 7) is 0. The van der Waals surface area contributed by atoms with Gasteiger partial charge in [0.2, 0.25) is 11.5 Å². The lowest BCUT2D eigenvalue weighted by atomic mass is 10.3. The van der Waals surface area contributed by atoms with Crippen LogP contribution >= 0.6 is 0 Å². The standard InChI is InChI=1S/C7H4N3O.ClH/c8-10-7-4-2-1-3-6(7)9-5-11;/h1-4H;1H/q+1;/p-1. The molecule has 0 saturated heterocycles. The number of hydrogen-bond donors (Lipinski definition) is 0. The van der Waals surface area contributed by atoms with Gasteiger partial charge in [-0.3, -0.25) is 0 Å². The van der Waals surface area contributed by atoms with E-state index >= 15 is 0 Å². The Bertz CT molecular complexity index is 352. The minimum atomic E-state index is 0. The van der Waals surface area contributed by atoms with Crippen molar-refractivity contribution in [2.75, 3.05) is 0 Å². The highest BCUT2D eigenvalue weighted by molar-refractivity contribution is 5.68. The van der Waals surface area contributed by atoms with Gasteiger partial charge < -0.3 is 12.4 Å². The first kappa shape index (κ1) is 10.3. The van der Waals surface area contributed by atoms with Gasteiger partial charge in [0.1, 0.15) is 0 Å². The zero-order valence-electron chi connectivity index (χ0n) is 5.94. The number of rotatable bonds is 1. The maximum absolute atomic E-state index is 9.83. The zero-order valence-corrected chi connectivity index (χ0v) is 6.69. The molecule has 1 rings (SSSR count). The fourth-order valence-corrected chi connectivity index (χ4v) is 0.692. The number of isocyanates is 1. The van der Waals surface area contributed by atoms with Crippen molar-refractivity contribution in [3.63, 3.8) is 0 Å². The minimum absolute atomic E-state index is 0. The van der Waals surface area contributed by atoms with Crippen LogP contribution < -0.4 is 12.4 Å². The first-order chi connectivity index (χ1) is 5.38. The normalized spacial score (nSPS) is 7.25. The highest BCUT2D eigenvalue weighted by Gasteiger charge is 2.09. The molecule has 0 amide bonds. The molecule has 0 heterocycles. The Kier molecular flexibility index (Phi) is 4.32. The van der Waals surface area contributed by atoms with E-state index in [-0.39, 0.29) is 18.1 Å². The highest BCUT2D eigenvalue weighted by atomic mass is 35.5. The van der Waals surface area contributed by atoms with Crippen molar-refractivity contribution in [3.05, 3.63) is 29.2 Å². The molecule has 12 heavy (non-hydrogen) atoms. The van der Waals surface area contributed by atoms with Crippen LogP contribution in [0.15, 0.2) is 29.3 Å². The van der Waals surface area contributed by atoms with Gasteiger partial charge in [0.15, 0.2) is 10.7 Å². The minimum Gasteiger partial charge on any atom is -1.00 e. The Balaban J connectivity index is 0.00000121. The van der Waals surface area contributed by atoms with Crippen LogP contribution in [-0.2, 0) is 4.79 Å². The van der Waals surface area contributed by atoms with E-state index in [4.69, 9.17) is 5.39 Å². The number of nitrogens with zero attached hydrogens (tertiary/aromatic N) is 3. The summed E-state index contributed by atoms with van der Waals surface area (Å²) in [5.74, 6) is 0. The summed E-state index contributed by atoms with van der Waals surface area (Å²) in [5, 5.41) is 8.38. The van der Waals surface area contributed by atoms with E-state index in [1.54, 1.807) is 18.2 Å². The molecule has 1 aromatic rings. The molecule has 0 aliphatic rings. The molecule has 0 spiro atoms. The maximum Gasteiger partial charge on any atom is 0.411 e. The third-order valence-electron chi connectivity index (χ3n) is 1.16. The number of aliphatic imine (C=N–C) groups is 1. The molecule has 0 aliphatic heterocycles. The molecule has 0 bridgehead atoms. The quantitative estimate of drug-likeness (QED) is 0.322. The van der Waals surface area contributed by atoms with Crippen LogP contribution in [0.5, 0.6) is 0 Å².